The van der Waals surface area contributed by atoms with Crippen LogP contribution in [0.5, 0.6) is 0 Å². The van der Waals surface area contributed by atoms with Gasteiger partial charge in [-0.1, -0.05) is 24.3 Å². The van der Waals surface area contributed by atoms with Crippen LogP contribution in [0.25, 0.3) is 16.7 Å². The number of methoxy groups -OCH3 is 1. The molecule has 0 saturated carbocycles. The minimum atomic E-state index is -0.340. The van der Waals surface area contributed by atoms with Crippen LogP contribution in [0.3, 0.4) is 0 Å². The highest BCUT2D eigenvalue weighted by molar-refractivity contribution is 6.01. The van der Waals surface area contributed by atoms with Crippen LogP contribution in [-0.2, 0) is 4.74 Å². The summed E-state index contributed by atoms with van der Waals surface area (Å²) in [6.45, 7) is 0. The number of aromatic amines is 1. The number of rotatable bonds is 2. The lowest BCUT2D eigenvalue weighted by Gasteiger charge is -1.99. The first kappa shape index (κ1) is 11.5. The summed E-state index contributed by atoms with van der Waals surface area (Å²) in [7, 11) is 1.38. The lowest BCUT2D eigenvalue weighted by molar-refractivity contribution is -0.567. The standard InChI is InChI=1S/C15H12N2O2/c1-19-15(18)12-8-5-9-13-14(12)16-10-17(13)11-6-3-2-4-7-11/h2-10H,1H3/p+1. The second kappa shape index (κ2) is 4.57. The van der Waals surface area contributed by atoms with Crippen molar-refractivity contribution in [3.8, 4) is 5.69 Å². The molecule has 3 aromatic rings. The molecule has 0 spiro atoms. The molecule has 4 nitrogen and oxygen atoms in total. The fourth-order valence-electron chi connectivity index (χ4n) is 2.17. The summed E-state index contributed by atoms with van der Waals surface area (Å²) in [6.07, 6.45) is 1.84. The van der Waals surface area contributed by atoms with Crippen LogP contribution in [0.15, 0.2) is 54.9 Å². The molecule has 0 fully saturated rings. The number of carbonyl (C=O) groups excluding carboxylic acids is 1. The maximum absolute atomic E-state index is 11.7. The molecule has 0 unspecified atom stereocenters. The highest BCUT2D eigenvalue weighted by Gasteiger charge is 2.19. The molecule has 0 atom stereocenters. The molecule has 0 saturated heterocycles. The Balaban J connectivity index is 2.23. The van der Waals surface area contributed by atoms with E-state index in [2.05, 4.69) is 4.98 Å². The topological polar surface area (TPSA) is 46.0 Å². The van der Waals surface area contributed by atoms with Gasteiger partial charge in [-0.15, -0.1) is 0 Å². The van der Waals surface area contributed by atoms with Gasteiger partial charge in [-0.25, -0.2) is 9.78 Å². The summed E-state index contributed by atoms with van der Waals surface area (Å²) >= 11 is 0. The maximum atomic E-state index is 11.7. The number of nitrogens with one attached hydrogen (secondary N) is 1. The third-order valence-electron chi connectivity index (χ3n) is 3.08. The summed E-state index contributed by atoms with van der Waals surface area (Å²) in [5.74, 6) is -0.340. The van der Waals surface area contributed by atoms with Gasteiger partial charge in [0.1, 0.15) is 11.3 Å². The Morgan fingerprint density at radius 2 is 1.89 bits per heavy atom. The Morgan fingerprint density at radius 1 is 1.11 bits per heavy atom. The van der Waals surface area contributed by atoms with Gasteiger partial charge < -0.3 is 4.74 Å². The molecule has 0 aliphatic heterocycles. The number of hydrogen-bond donors (Lipinski definition) is 1. The number of nitrogens with zero attached hydrogens (tertiary/aromatic N) is 1. The van der Waals surface area contributed by atoms with Crippen LogP contribution in [0.1, 0.15) is 10.4 Å². The second-order valence-electron chi connectivity index (χ2n) is 4.17. The largest absolute Gasteiger partial charge is 0.465 e. The first-order valence-corrected chi connectivity index (χ1v) is 5.97. The Bertz CT molecular complexity index is 732. The quantitative estimate of drug-likeness (QED) is 0.562. The number of carbonyl (C=O) groups is 1. The van der Waals surface area contributed by atoms with Gasteiger partial charge >= 0.3 is 5.97 Å². The second-order valence-corrected chi connectivity index (χ2v) is 4.17. The number of benzene rings is 2. The van der Waals surface area contributed by atoms with E-state index in [0.717, 1.165) is 16.7 Å². The minimum absolute atomic E-state index is 0.340. The predicted octanol–water partition coefficient (Wildman–Crippen LogP) is 2.23. The predicted molar refractivity (Wildman–Crippen MR) is 71.2 cm³/mol. The van der Waals surface area contributed by atoms with Gasteiger partial charge in [0.05, 0.1) is 7.11 Å². The molecule has 1 heterocycles. The summed E-state index contributed by atoms with van der Waals surface area (Å²) in [6, 6.07) is 15.5. The van der Waals surface area contributed by atoms with Gasteiger partial charge in [-0.3, -0.25) is 0 Å². The molecule has 19 heavy (non-hydrogen) atoms. The molecule has 0 aliphatic rings. The van der Waals surface area contributed by atoms with E-state index >= 15 is 0 Å². The molecular formula is C15H13N2O2+. The number of fused-ring (bicyclic) bond motifs is 1. The number of para-hydroxylation sites is 2. The van der Waals surface area contributed by atoms with Crippen molar-refractivity contribution in [3.05, 3.63) is 60.4 Å². The average molecular weight is 253 g/mol. The normalized spacial score (nSPS) is 10.6. The van der Waals surface area contributed by atoms with Crippen molar-refractivity contribution in [1.82, 2.24) is 4.98 Å². The van der Waals surface area contributed by atoms with Gasteiger partial charge in [0.15, 0.2) is 11.0 Å². The zero-order valence-corrected chi connectivity index (χ0v) is 10.5. The van der Waals surface area contributed by atoms with E-state index in [0.29, 0.717) is 5.56 Å². The van der Waals surface area contributed by atoms with E-state index in [1.165, 1.54) is 7.11 Å². The monoisotopic (exact) mass is 253 g/mol. The summed E-state index contributed by atoms with van der Waals surface area (Å²) in [4.78, 5) is 14.9. The first-order chi connectivity index (χ1) is 9.31. The molecule has 1 aromatic heterocycles. The van der Waals surface area contributed by atoms with Crippen LogP contribution in [0.2, 0.25) is 0 Å². The van der Waals surface area contributed by atoms with E-state index in [1.54, 1.807) is 6.07 Å². The number of hydrogen-bond acceptors (Lipinski definition) is 2. The third kappa shape index (κ3) is 1.87. The Hall–Kier alpha value is -2.62. The molecule has 0 amide bonds. The Kier molecular flexibility index (Phi) is 2.76. The van der Waals surface area contributed by atoms with Crippen molar-refractivity contribution in [2.24, 2.45) is 0 Å². The van der Waals surface area contributed by atoms with Crippen molar-refractivity contribution >= 4 is 17.0 Å². The maximum Gasteiger partial charge on any atom is 0.342 e. The van der Waals surface area contributed by atoms with Crippen molar-refractivity contribution < 1.29 is 14.1 Å². The molecule has 2 aromatic carbocycles. The smallest absolute Gasteiger partial charge is 0.342 e. The van der Waals surface area contributed by atoms with Crippen molar-refractivity contribution in [2.45, 2.75) is 0 Å². The summed E-state index contributed by atoms with van der Waals surface area (Å²) < 4.78 is 6.79. The Labute approximate surface area is 110 Å². The van der Waals surface area contributed by atoms with Crippen LogP contribution < -0.4 is 4.57 Å². The zero-order valence-electron chi connectivity index (χ0n) is 10.5. The van der Waals surface area contributed by atoms with Crippen LogP contribution in [0, 0.1) is 0 Å². The van der Waals surface area contributed by atoms with Gasteiger partial charge in [-0.05, 0) is 24.3 Å². The average Bonchev–Trinajstić information content (AvgIpc) is 2.91. The third-order valence-corrected chi connectivity index (χ3v) is 3.08. The molecule has 4 heteroatoms. The molecule has 0 bridgehead atoms. The minimum Gasteiger partial charge on any atom is -0.465 e. The zero-order chi connectivity index (χ0) is 13.2. The van der Waals surface area contributed by atoms with Gasteiger partial charge in [0.25, 0.3) is 0 Å². The van der Waals surface area contributed by atoms with Gasteiger partial charge in [0, 0.05) is 0 Å². The van der Waals surface area contributed by atoms with Gasteiger partial charge in [0.2, 0.25) is 6.33 Å². The summed E-state index contributed by atoms with van der Waals surface area (Å²) in [5, 5.41) is 0. The lowest BCUT2D eigenvalue weighted by Crippen LogP contribution is -2.28. The number of imidazole rings is 1. The molecule has 0 aliphatic carbocycles. The van der Waals surface area contributed by atoms with E-state index in [1.807, 2.05) is 53.4 Å². The number of H-pyrrole nitrogens is 1. The first-order valence-electron chi connectivity index (χ1n) is 5.97. The molecule has 0 radical (unpaired) electrons. The van der Waals surface area contributed by atoms with E-state index < -0.39 is 0 Å². The van der Waals surface area contributed by atoms with Crippen molar-refractivity contribution in [2.75, 3.05) is 7.11 Å². The Morgan fingerprint density at radius 3 is 2.63 bits per heavy atom. The highest BCUT2D eigenvalue weighted by Crippen LogP contribution is 2.16. The highest BCUT2D eigenvalue weighted by atomic mass is 16.5. The van der Waals surface area contributed by atoms with Crippen molar-refractivity contribution in [1.29, 1.82) is 0 Å². The molecular weight excluding hydrogens is 240 g/mol. The van der Waals surface area contributed by atoms with E-state index in [-0.39, 0.29) is 5.97 Å². The van der Waals surface area contributed by atoms with Crippen LogP contribution >= 0.6 is 0 Å². The van der Waals surface area contributed by atoms with Crippen LogP contribution in [0.4, 0.5) is 0 Å². The molecule has 1 N–H and O–H groups in total. The van der Waals surface area contributed by atoms with Crippen LogP contribution in [-0.4, -0.2) is 18.1 Å². The number of ether oxygens (including phenoxy) is 1. The van der Waals surface area contributed by atoms with Gasteiger partial charge in [-0.2, -0.15) is 4.57 Å². The fourth-order valence-corrected chi connectivity index (χ4v) is 2.17. The van der Waals surface area contributed by atoms with E-state index in [9.17, 15) is 4.79 Å². The number of esters is 1. The summed E-state index contributed by atoms with van der Waals surface area (Å²) in [5.41, 5.74) is 3.29. The SMILES string of the molecule is COC(=O)c1cccc2c1[nH]c[n+]2-c1ccccc1. The fraction of sp³-hybridized carbons (Fsp3) is 0.0667. The van der Waals surface area contributed by atoms with Crippen molar-refractivity contribution in [3.63, 3.8) is 0 Å². The molecule has 94 valence electrons. The number of aromatic nitrogens is 2. The van der Waals surface area contributed by atoms with E-state index in [4.69, 9.17) is 4.74 Å². The molecule has 3 rings (SSSR count). The lowest BCUT2D eigenvalue weighted by atomic mass is 10.2.